The molecule has 0 fully saturated rings. The lowest BCUT2D eigenvalue weighted by Gasteiger charge is -2.20. The van der Waals surface area contributed by atoms with Crippen LogP contribution in [0.4, 0.5) is 32.0 Å². The second-order valence-electron chi connectivity index (χ2n) is 7.85. The third-order valence-corrected chi connectivity index (χ3v) is 5.61. The van der Waals surface area contributed by atoms with Crippen LogP contribution >= 0.6 is 0 Å². The van der Waals surface area contributed by atoms with E-state index in [0.29, 0.717) is 33.3 Å². The van der Waals surface area contributed by atoms with Crippen molar-refractivity contribution in [2.24, 2.45) is 0 Å². The first-order valence-electron chi connectivity index (χ1n) is 10.3. The van der Waals surface area contributed by atoms with E-state index in [0.717, 1.165) is 12.3 Å². The molecule has 0 saturated carbocycles. The van der Waals surface area contributed by atoms with Gasteiger partial charge in [0, 0.05) is 34.8 Å². The van der Waals surface area contributed by atoms with Gasteiger partial charge in [0.15, 0.2) is 5.69 Å². The number of halogens is 6. The summed E-state index contributed by atoms with van der Waals surface area (Å²) in [5.74, 6) is -1.69. The van der Waals surface area contributed by atoms with Crippen molar-refractivity contribution in [3.8, 4) is 5.69 Å². The van der Waals surface area contributed by atoms with Gasteiger partial charge in [-0.2, -0.15) is 31.4 Å². The minimum atomic E-state index is -5.06. The average molecular weight is 505 g/mol. The SMILES string of the molecule is O=C(Nc1ccnc(C(F)(F)F)c1)c1cnn(-c2ccc3c4c(cccc24)CNC3=O)c1C(F)(F)F. The predicted octanol–water partition coefficient (Wildman–Crippen LogP) is 4.95. The molecular weight excluding hydrogens is 492 g/mol. The van der Waals surface area contributed by atoms with Gasteiger partial charge < -0.3 is 10.6 Å². The Morgan fingerprint density at radius 2 is 1.81 bits per heavy atom. The van der Waals surface area contributed by atoms with Crippen LogP contribution in [0, 0.1) is 0 Å². The second-order valence-corrected chi connectivity index (χ2v) is 7.85. The van der Waals surface area contributed by atoms with E-state index < -0.39 is 40.9 Å². The molecule has 5 rings (SSSR count). The molecule has 4 aromatic rings. The Bertz CT molecular complexity index is 1540. The Hall–Kier alpha value is -4.42. The second kappa shape index (κ2) is 8.07. The fourth-order valence-corrected chi connectivity index (χ4v) is 4.09. The molecular formula is C23H13F6N5O2. The Kier molecular flexibility index (Phi) is 5.23. The standard InChI is InChI=1S/C23H13F6N5O2/c24-22(25,26)17-8-12(6-7-30-17)33-21(36)15-10-32-34(19(15)23(27,28)29)16-5-4-14-18-11(9-31-20(14)35)2-1-3-13(16)18/h1-8,10H,9H2,(H,31,35)(H,30,33,36). The number of hydrogen-bond donors (Lipinski definition) is 2. The Morgan fingerprint density at radius 1 is 1.03 bits per heavy atom. The average Bonchev–Trinajstić information content (AvgIpc) is 3.27. The molecule has 2 amide bonds. The van der Waals surface area contributed by atoms with Gasteiger partial charge in [0.2, 0.25) is 0 Å². The smallest absolute Gasteiger partial charge is 0.348 e. The minimum absolute atomic E-state index is 0.0278. The van der Waals surface area contributed by atoms with Crippen LogP contribution < -0.4 is 10.6 Å². The van der Waals surface area contributed by atoms with Crippen molar-refractivity contribution in [1.29, 1.82) is 0 Å². The number of hydrogen-bond acceptors (Lipinski definition) is 4. The molecule has 0 unspecified atom stereocenters. The number of carbonyl (C=O) groups excluding carboxylic acids is 2. The summed E-state index contributed by atoms with van der Waals surface area (Å²) >= 11 is 0. The number of nitrogens with one attached hydrogen (secondary N) is 2. The normalized spacial score (nSPS) is 13.6. The molecule has 184 valence electrons. The van der Waals surface area contributed by atoms with E-state index in [1.54, 1.807) is 12.1 Å². The zero-order chi connectivity index (χ0) is 25.8. The van der Waals surface area contributed by atoms with E-state index in [1.165, 1.54) is 18.2 Å². The molecule has 36 heavy (non-hydrogen) atoms. The fraction of sp³-hybridized carbons (Fsp3) is 0.130. The lowest BCUT2D eigenvalue weighted by molar-refractivity contribution is -0.143. The molecule has 0 saturated heterocycles. The van der Waals surface area contributed by atoms with Crippen molar-refractivity contribution in [3.05, 3.63) is 82.9 Å². The molecule has 0 spiro atoms. The van der Waals surface area contributed by atoms with Crippen LogP contribution in [0.15, 0.2) is 54.9 Å². The number of alkyl halides is 6. The van der Waals surface area contributed by atoms with E-state index in [9.17, 15) is 35.9 Å². The molecule has 0 radical (unpaired) electrons. The summed E-state index contributed by atoms with van der Waals surface area (Å²) in [5, 5.41) is 9.28. The van der Waals surface area contributed by atoms with Crippen LogP contribution in [0.5, 0.6) is 0 Å². The Labute approximate surface area is 197 Å². The minimum Gasteiger partial charge on any atom is -0.348 e. The molecule has 13 heteroatoms. The molecule has 0 bridgehead atoms. The first-order chi connectivity index (χ1) is 16.9. The number of rotatable bonds is 3. The molecule has 7 nitrogen and oxygen atoms in total. The van der Waals surface area contributed by atoms with Crippen LogP contribution in [-0.4, -0.2) is 26.6 Å². The van der Waals surface area contributed by atoms with Gasteiger partial charge in [0.1, 0.15) is 5.69 Å². The van der Waals surface area contributed by atoms with E-state index in [4.69, 9.17) is 0 Å². The van der Waals surface area contributed by atoms with Gasteiger partial charge in [0.05, 0.1) is 17.4 Å². The predicted molar refractivity (Wildman–Crippen MR) is 114 cm³/mol. The maximum Gasteiger partial charge on any atom is 0.434 e. The van der Waals surface area contributed by atoms with Gasteiger partial charge in [-0.15, -0.1) is 0 Å². The Balaban J connectivity index is 1.61. The van der Waals surface area contributed by atoms with Crippen molar-refractivity contribution in [2.75, 3.05) is 5.32 Å². The number of pyridine rings is 1. The number of amides is 2. The van der Waals surface area contributed by atoms with Crippen molar-refractivity contribution >= 4 is 28.3 Å². The first kappa shape index (κ1) is 23.3. The summed E-state index contributed by atoms with van der Waals surface area (Å²) in [7, 11) is 0. The number of aromatic nitrogens is 3. The zero-order valence-electron chi connectivity index (χ0n) is 17.8. The number of carbonyl (C=O) groups is 2. The third kappa shape index (κ3) is 3.91. The maximum atomic E-state index is 14.2. The van der Waals surface area contributed by atoms with Crippen LogP contribution in [-0.2, 0) is 18.9 Å². The largest absolute Gasteiger partial charge is 0.434 e. The van der Waals surface area contributed by atoms with Gasteiger partial charge in [0.25, 0.3) is 11.8 Å². The molecule has 1 aliphatic rings. The topological polar surface area (TPSA) is 88.9 Å². The highest BCUT2D eigenvalue weighted by atomic mass is 19.4. The van der Waals surface area contributed by atoms with Crippen molar-refractivity contribution in [2.45, 2.75) is 18.9 Å². The number of benzene rings is 2. The summed E-state index contributed by atoms with van der Waals surface area (Å²) in [6, 6.07) is 9.06. The number of nitrogens with zero attached hydrogens (tertiary/aromatic N) is 3. The van der Waals surface area contributed by atoms with Crippen molar-refractivity contribution in [3.63, 3.8) is 0 Å². The summed E-state index contributed by atoms with van der Waals surface area (Å²) in [6.07, 6.45) is -8.41. The van der Waals surface area contributed by atoms with Crippen LogP contribution in [0.2, 0.25) is 0 Å². The van der Waals surface area contributed by atoms with Crippen LogP contribution in [0.3, 0.4) is 0 Å². The van der Waals surface area contributed by atoms with Crippen molar-refractivity contribution in [1.82, 2.24) is 20.1 Å². The van der Waals surface area contributed by atoms with Crippen LogP contribution in [0.25, 0.3) is 16.5 Å². The van der Waals surface area contributed by atoms with Gasteiger partial charge in [-0.1, -0.05) is 18.2 Å². The molecule has 2 aromatic carbocycles. The maximum absolute atomic E-state index is 14.2. The highest BCUT2D eigenvalue weighted by Crippen LogP contribution is 2.37. The van der Waals surface area contributed by atoms with Gasteiger partial charge >= 0.3 is 12.4 Å². The quantitative estimate of drug-likeness (QED) is 0.386. The summed E-state index contributed by atoms with van der Waals surface area (Å²) in [5.41, 5.74) is -3.08. The molecule has 0 atom stereocenters. The molecule has 2 N–H and O–H groups in total. The molecule has 3 heterocycles. The Morgan fingerprint density at radius 3 is 2.53 bits per heavy atom. The highest BCUT2D eigenvalue weighted by molar-refractivity contribution is 6.12. The van der Waals surface area contributed by atoms with E-state index in [1.807, 2.05) is 5.32 Å². The third-order valence-electron chi connectivity index (χ3n) is 5.61. The summed E-state index contributed by atoms with van der Waals surface area (Å²) in [6.45, 7) is 0.192. The molecule has 1 aliphatic heterocycles. The first-order valence-corrected chi connectivity index (χ1v) is 10.3. The van der Waals surface area contributed by atoms with Crippen LogP contribution in [0.1, 0.15) is 37.7 Å². The van der Waals surface area contributed by atoms with Gasteiger partial charge in [-0.25, -0.2) is 4.68 Å². The van der Waals surface area contributed by atoms with Gasteiger partial charge in [-0.3, -0.25) is 14.6 Å². The molecule has 0 aliphatic carbocycles. The van der Waals surface area contributed by atoms with E-state index in [-0.39, 0.29) is 23.7 Å². The van der Waals surface area contributed by atoms with E-state index >= 15 is 0 Å². The lowest BCUT2D eigenvalue weighted by Crippen LogP contribution is -2.27. The lowest BCUT2D eigenvalue weighted by atomic mass is 9.94. The van der Waals surface area contributed by atoms with Crippen molar-refractivity contribution < 1.29 is 35.9 Å². The zero-order valence-corrected chi connectivity index (χ0v) is 17.8. The van der Waals surface area contributed by atoms with E-state index in [2.05, 4.69) is 15.4 Å². The summed E-state index contributed by atoms with van der Waals surface area (Å²) in [4.78, 5) is 28.1. The highest BCUT2D eigenvalue weighted by Gasteiger charge is 2.41. The monoisotopic (exact) mass is 505 g/mol. The fourth-order valence-electron chi connectivity index (χ4n) is 4.09. The number of anilines is 1. The van der Waals surface area contributed by atoms with Gasteiger partial charge in [-0.05, 0) is 29.8 Å². The molecule has 2 aromatic heterocycles. The summed E-state index contributed by atoms with van der Waals surface area (Å²) < 4.78 is 81.8.